The minimum atomic E-state index is -2.70. The Kier molecular flexibility index (Phi) is 10.8. The Labute approximate surface area is 213 Å². The van der Waals surface area contributed by atoms with Crippen molar-refractivity contribution in [3.8, 4) is 5.82 Å². The van der Waals surface area contributed by atoms with E-state index < -0.39 is 6.43 Å². The summed E-state index contributed by atoms with van der Waals surface area (Å²) in [4.78, 5) is 15.2. The third-order valence-electron chi connectivity index (χ3n) is 6.15. The number of hydrogen-bond donors (Lipinski definition) is 0. The molecule has 3 aromatic rings. The number of fused-ring (bicyclic) bond motifs is 1. The Morgan fingerprint density at radius 2 is 1.72 bits per heavy atom. The van der Waals surface area contributed by atoms with Gasteiger partial charge in [0.05, 0.1) is 23.7 Å². The van der Waals surface area contributed by atoms with E-state index in [4.69, 9.17) is 4.74 Å². The molecule has 0 amide bonds. The third-order valence-corrected chi connectivity index (χ3v) is 6.15. The standard InChI is InChI=1S/C18H19F2N5O.C6H12.C4H8/c1-11-9-15(23-18(21-11)24-7-8-26-12(2)10-24)25-14-6-4-3-5-13(14)22-17(25)16(19)20;1-2-4-6-5-3-1;1-3-4-2/h3-6,9,12,16H,7-8,10H2,1-2H3;1-6H2;3H,1,4H2,2H3. The molecule has 1 atom stereocenters. The highest BCUT2D eigenvalue weighted by molar-refractivity contribution is 5.78. The van der Waals surface area contributed by atoms with E-state index in [1.54, 1.807) is 30.3 Å². The van der Waals surface area contributed by atoms with Gasteiger partial charge in [0.15, 0.2) is 5.82 Å². The van der Waals surface area contributed by atoms with Crippen LogP contribution in [0.3, 0.4) is 0 Å². The Morgan fingerprint density at radius 1 is 1.08 bits per heavy atom. The third kappa shape index (κ3) is 7.56. The van der Waals surface area contributed by atoms with Crippen molar-refractivity contribution in [3.63, 3.8) is 0 Å². The van der Waals surface area contributed by atoms with Crippen molar-refractivity contribution in [1.82, 2.24) is 19.5 Å². The minimum absolute atomic E-state index is 0.0713. The lowest BCUT2D eigenvalue weighted by atomic mass is 10.0. The van der Waals surface area contributed by atoms with Crippen LogP contribution in [0.1, 0.15) is 76.7 Å². The molecule has 3 heterocycles. The number of para-hydroxylation sites is 2. The summed E-state index contributed by atoms with van der Waals surface area (Å²) >= 11 is 0. The average Bonchev–Trinajstić information content (AvgIpc) is 3.30. The van der Waals surface area contributed by atoms with E-state index in [0.29, 0.717) is 48.2 Å². The molecule has 5 rings (SSSR count). The van der Waals surface area contributed by atoms with Gasteiger partial charge in [0.2, 0.25) is 5.95 Å². The Balaban J connectivity index is 0.000000303. The van der Waals surface area contributed by atoms with Crippen LogP contribution in [0.15, 0.2) is 43.0 Å². The largest absolute Gasteiger partial charge is 0.375 e. The number of allylic oxidation sites excluding steroid dienone is 1. The average molecular weight is 500 g/mol. The zero-order valence-electron chi connectivity index (χ0n) is 21.8. The minimum Gasteiger partial charge on any atom is -0.375 e. The van der Waals surface area contributed by atoms with Crippen molar-refractivity contribution in [1.29, 1.82) is 0 Å². The van der Waals surface area contributed by atoms with Crippen molar-refractivity contribution < 1.29 is 13.5 Å². The van der Waals surface area contributed by atoms with Gasteiger partial charge in [0.25, 0.3) is 6.43 Å². The van der Waals surface area contributed by atoms with Gasteiger partial charge >= 0.3 is 0 Å². The maximum atomic E-state index is 13.6. The molecule has 8 heteroatoms. The van der Waals surface area contributed by atoms with Crippen LogP contribution in [0, 0.1) is 6.92 Å². The van der Waals surface area contributed by atoms with Crippen molar-refractivity contribution in [2.75, 3.05) is 24.6 Å². The molecule has 1 saturated carbocycles. The molecule has 1 aromatic carbocycles. The van der Waals surface area contributed by atoms with Gasteiger partial charge in [-0.3, -0.25) is 4.57 Å². The fourth-order valence-corrected chi connectivity index (χ4v) is 4.29. The summed E-state index contributed by atoms with van der Waals surface area (Å²) in [6.45, 7) is 11.3. The lowest BCUT2D eigenvalue weighted by molar-refractivity contribution is 0.0526. The number of anilines is 1. The number of benzene rings is 1. The summed E-state index contributed by atoms with van der Waals surface area (Å²) < 4.78 is 34.2. The number of ether oxygens (including phenoxy) is 1. The molecule has 1 aliphatic heterocycles. The lowest BCUT2D eigenvalue weighted by Gasteiger charge is -2.31. The second-order valence-corrected chi connectivity index (χ2v) is 9.21. The van der Waals surface area contributed by atoms with Gasteiger partial charge in [-0.15, -0.1) is 6.58 Å². The van der Waals surface area contributed by atoms with Gasteiger partial charge in [-0.05, 0) is 32.4 Å². The monoisotopic (exact) mass is 499 g/mol. The first-order chi connectivity index (χ1) is 17.4. The van der Waals surface area contributed by atoms with Crippen LogP contribution in [0.25, 0.3) is 16.9 Å². The smallest absolute Gasteiger partial charge is 0.296 e. The van der Waals surface area contributed by atoms with Gasteiger partial charge in [0.1, 0.15) is 5.82 Å². The van der Waals surface area contributed by atoms with Gasteiger partial charge in [-0.1, -0.05) is 63.7 Å². The van der Waals surface area contributed by atoms with Gasteiger partial charge in [-0.2, -0.15) is 4.98 Å². The summed E-state index contributed by atoms with van der Waals surface area (Å²) in [6, 6.07) is 8.76. The number of hydrogen-bond acceptors (Lipinski definition) is 5. The van der Waals surface area contributed by atoms with Gasteiger partial charge in [-0.25, -0.2) is 18.7 Å². The van der Waals surface area contributed by atoms with E-state index >= 15 is 0 Å². The van der Waals surface area contributed by atoms with E-state index in [1.807, 2.05) is 24.8 Å². The fourth-order valence-electron chi connectivity index (χ4n) is 4.29. The van der Waals surface area contributed by atoms with Crippen LogP contribution in [-0.4, -0.2) is 45.3 Å². The second kappa shape index (κ2) is 14.0. The molecular weight excluding hydrogens is 460 g/mol. The van der Waals surface area contributed by atoms with E-state index in [2.05, 4.69) is 28.5 Å². The summed E-state index contributed by atoms with van der Waals surface area (Å²) in [5, 5.41) is 0. The quantitative estimate of drug-likeness (QED) is 0.355. The topological polar surface area (TPSA) is 56.1 Å². The predicted octanol–water partition coefficient (Wildman–Crippen LogP) is 7.21. The highest BCUT2D eigenvalue weighted by Gasteiger charge is 2.24. The molecule has 0 bridgehead atoms. The SMILES string of the molecule is C1CCCCC1.C=CCC.Cc1cc(-n2c(C(F)F)nc3ccccc32)nc(N2CCOC(C)C2)n1. The highest BCUT2D eigenvalue weighted by Crippen LogP contribution is 2.28. The van der Waals surface area contributed by atoms with Crippen LogP contribution in [0.4, 0.5) is 14.7 Å². The summed E-state index contributed by atoms with van der Waals surface area (Å²) in [7, 11) is 0. The number of morpholine rings is 1. The van der Waals surface area contributed by atoms with Crippen molar-refractivity contribution in [2.24, 2.45) is 0 Å². The van der Waals surface area contributed by atoms with E-state index in [0.717, 1.165) is 6.42 Å². The molecule has 1 unspecified atom stereocenters. The van der Waals surface area contributed by atoms with Crippen LogP contribution >= 0.6 is 0 Å². The first-order valence-corrected chi connectivity index (χ1v) is 13.0. The molecule has 1 aliphatic carbocycles. The summed E-state index contributed by atoms with van der Waals surface area (Å²) in [6.07, 6.45) is 9.33. The summed E-state index contributed by atoms with van der Waals surface area (Å²) in [5.41, 5.74) is 1.82. The molecular formula is C28H39F2N5O. The molecule has 2 aliphatic rings. The zero-order valence-corrected chi connectivity index (χ0v) is 21.8. The van der Waals surface area contributed by atoms with Crippen LogP contribution in [0.2, 0.25) is 0 Å². The number of aromatic nitrogens is 4. The van der Waals surface area contributed by atoms with E-state index in [-0.39, 0.29) is 11.9 Å². The highest BCUT2D eigenvalue weighted by atomic mass is 19.3. The molecule has 0 N–H and O–H groups in total. The number of rotatable bonds is 4. The lowest BCUT2D eigenvalue weighted by Crippen LogP contribution is -2.42. The Hall–Kier alpha value is -2.87. The molecule has 1 saturated heterocycles. The van der Waals surface area contributed by atoms with Crippen LogP contribution in [0.5, 0.6) is 0 Å². The van der Waals surface area contributed by atoms with Crippen LogP contribution in [-0.2, 0) is 4.74 Å². The van der Waals surface area contributed by atoms with E-state index in [1.165, 1.54) is 43.1 Å². The van der Waals surface area contributed by atoms with E-state index in [9.17, 15) is 8.78 Å². The number of alkyl halides is 2. The van der Waals surface area contributed by atoms with Gasteiger partial charge in [0, 0.05) is 24.8 Å². The predicted molar refractivity (Wildman–Crippen MR) is 142 cm³/mol. The van der Waals surface area contributed by atoms with Crippen molar-refractivity contribution in [3.05, 3.63) is 54.5 Å². The maximum absolute atomic E-state index is 13.6. The summed E-state index contributed by atoms with van der Waals surface area (Å²) in [5.74, 6) is 0.606. The fraction of sp³-hybridized carbons (Fsp3) is 0.536. The molecule has 36 heavy (non-hydrogen) atoms. The zero-order chi connectivity index (χ0) is 25.9. The number of aryl methyl sites for hydroxylation is 1. The number of halogens is 2. The molecule has 0 spiro atoms. The van der Waals surface area contributed by atoms with Crippen LogP contribution < -0.4 is 4.90 Å². The Bertz CT molecular complexity index is 1090. The van der Waals surface area contributed by atoms with Gasteiger partial charge < -0.3 is 9.64 Å². The first-order valence-electron chi connectivity index (χ1n) is 13.0. The number of nitrogens with zero attached hydrogens (tertiary/aromatic N) is 5. The molecule has 2 aromatic heterocycles. The molecule has 196 valence electrons. The Morgan fingerprint density at radius 3 is 2.31 bits per heavy atom. The first kappa shape index (κ1) is 27.7. The maximum Gasteiger partial charge on any atom is 0.296 e. The van der Waals surface area contributed by atoms with Crippen molar-refractivity contribution >= 4 is 17.0 Å². The molecule has 2 fully saturated rings. The normalized spacial score (nSPS) is 17.7. The second-order valence-electron chi connectivity index (χ2n) is 9.21. The molecule has 6 nitrogen and oxygen atoms in total. The molecule has 0 radical (unpaired) electrons. The number of imidazole rings is 1. The van der Waals surface area contributed by atoms with Crippen molar-refractivity contribution in [2.45, 2.75) is 78.2 Å².